The van der Waals surface area contributed by atoms with Crippen molar-refractivity contribution < 1.29 is 22.8 Å². The summed E-state index contributed by atoms with van der Waals surface area (Å²) in [5.41, 5.74) is -1.36. The van der Waals surface area contributed by atoms with Gasteiger partial charge >= 0.3 is 6.18 Å². The summed E-state index contributed by atoms with van der Waals surface area (Å²) >= 11 is 0. The van der Waals surface area contributed by atoms with Crippen LogP contribution in [0.25, 0.3) is 0 Å². The summed E-state index contributed by atoms with van der Waals surface area (Å²) in [5, 5.41) is 2.83. The first-order chi connectivity index (χ1) is 11.3. The third kappa shape index (κ3) is 3.12. The molecular formula is C17H19F3N2O2. The molecule has 1 atom stereocenters. The highest BCUT2D eigenvalue weighted by Crippen LogP contribution is 2.38. The Morgan fingerprint density at radius 1 is 1.25 bits per heavy atom. The van der Waals surface area contributed by atoms with Crippen molar-refractivity contribution in [2.45, 2.75) is 31.9 Å². The average Bonchev–Trinajstić information content (AvgIpc) is 2.95. The number of benzene rings is 1. The van der Waals surface area contributed by atoms with E-state index >= 15 is 0 Å². The van der Waals surface area contributed by atoms with Gasteiger partial charge in [0.25, 0.3) is 0 Å². The van der Waals surface area contributed by atoms with Gasteiger partial charge in [0.15, 0.2) is 0 Å². The van der Waals surface area contributed by atoms with Crippen LogP contribution >= 0.6 is 0 Å². The molecule has 2 heterocycles. The van der Waals surface area contributed by atoms with Crippen molar-refractivity contribution in [3.63, 3.8) is 0 Å². The SMILES string of the molecule is O=C(Cc1ccccc1C(F)(F)F)N1CC[C@@]2(CCCNC2=O)C1. The molecular weight excluding hydrogens is 321 g/mol. The zero-order valence-corrected chi connectivity index (χ0v) is 13.2. The number of amides is 2. The molecule has 2 aliphatic rings. The normalized spacial score (nSPS) is 24.3. The molecule has 0 aromatic heterocycles. The largest absolute Gasteiger partial charge is 0.416 e. The lowest BCUT2D eigenvalue weighted by atomic mass is 9.79. The standard InChI is InChI=1S/C17H19F3N2O2/c18-17(19,20)13-5-2-1-4-12(13)10-14(23)22-9-7-16(11-22)6-3-8-21-15(16)24/h1-2,4-5H,3,6-11H2,(H,21,24)/t16-/m0/s1. The fraction of sp³-hybridized carbons (Fsp3) is 0.529. The zero-order valence-electron chi connectivity index (χ0n) is 13.2. The fourth-order valence-electron chi connectivity index (χ4n) is 3.63. The maximum Gasteiger partial charge on any atom is 0.416 e. The van der Waals surface area contributed by atoms with Crippen LogP contribution in [-0.2, 0) is 22.2 Å². The van der Waals surface area contributed by atoms with Gasteiger partial charge in [-0.05, 0) is 30.9 Å². The third-order valence-electron chi connectivity index (χ3n) is 4.97. The average molecular weight is 340 g/mol. The molecule has 130 valence electrons. The maximum absolute atomic E-state index is 13.0. The van der Waals surface area contributed by atoms with Crippen LogP contribution in [0.5, 0.6) is 0 Å². The van der Waals surface area contributed by atoms with Gasteiger partial charge in [0.1, 0.15) is 0 Å². The summed E-state index contributed by atoms with van der Waals surface area (Å²) in [7, 11) is 0. The molecule has 3 rings (SSSR count). The minimum absolute atomic E-state index is 0.0240. The molecule has 1 N–H and O–H groups in total. The highest BCUT2D eigenvalue weighted by atomic mass is 19.4. The van der Waals surface area contributed by atoms with Crippen molar-refractivity contribution in [2.24, 2.45) is 5.41 Å². The summed E-state index contributed by atoms with van der Waals surface area (Å²) in [6, 6.07) is 5.13. The predicted molar refractivity (Wildman–Crippen MR) is 81.0 cm³/mol. The van der Waals surface area contributed by atoms with Crippen LogP contribution in [0.3, 0.4) is 0 Å². The Labute approximate surface area is 138 Å². The first kappa shape index (κ1) is 16.8. The Hall–Kier alpha value is -2.05. The van der Waals surface area contributed by atoms with Crippen LogP contribution in [0.15, 0.2) is 24.3 Å². The monoisotopic (exact) mass is 340 g/mol. The van der Waals surface area contributed by atoms with Crippen molar-refractivity contribution >= 4 is 11.8 Å². The van der Waals surface area contributed by atoms with Gasteiger partial charge < -0.3 is 10.2 Å². The second-order valence-corrected chi connectivity index (χ2v) is 6.54. The number of piperidine rings is 1. The highest BCUT2D eigenvalue weighted by molar-refractivity contribution is 5.86. The van der Waals surface area contributed by atoms with Gasteiger partial charge in [-0.2, -0.15) is 13.2 Å². The molecule has 0 bridgehead atoms. The Kier molecular flexibility index (Phi) is 4.27. The highest BCUT2D eigenvalue weighted by Gasteiger charge is 2.47. The Balaban J connectivity index is 1.72. The lowest BCUT2D eigenvalue weighted by molar-refractivity contribution is -0.138. The third-order valence-corrected chi connectivity index (χ3v) is 4.97. The van der Waals surface area contributed by atoms with E-state index in [0.717, 1.165) is 18.9 Å². The van der Waals surface area contributed by atoms with E-state index in [1.54, 1.807) is 0 Å². The van der Waals surface area contributed by atoms with Crippen molar-refractivity contribution in [3.8, 4) is 0 Å². The number of rotatable bonds is 2. The van der Waals surface area contributed by atoms with Crippen molar-refractivity contribution in [1.29, 1.82) is 0 Å². The van der Waals surface area contributed by atoms with E-state index in [9.17, 15) is 22.8 Å². The van der Waals surface area contributed by atoms with Crippen LogP contribution in [-0.4, -0.2) is 36.3 Å². The van der Waals surface area contributed by atoms with Crippen LogP contribution in [0, 0.1) is 5.41 Å². The molecule has 1 spiro atoms. The van der Waals surface area contributed by atoms with Gasteiger partial charge in [0.05, 0.1) is 17.4 Å². The molecule has 0 unspecified atom stereocenters. The Morgan fingerprint density at radius 2 is 2.00 bits per heavy atom. The van der Waals surface area contributed by atoms with Crippen molar-refractivity contribution in [2.75, 3.05) is 19.6 Å². The smallest absolute Gasteiger partial charge is 0.356 e. The number of hydrogen-bond acceptors (Lipinski definition) is 2. The van der Waals surface area contributed by atoms with Gasteiger partial charge in [-0.25, -0.2) is 0 Å². The van der Waals surface area contributed by atoms with E-state index in [1.807, 2.05) is 0 Å². The number of hydrogen-bond donors (Lipinski definition) is 1. The zero-order chi connectivity index (χ0) is 17.4. The van der Waals surface area contributed by atoms with Crippen LogP contribution in [0.2, 0.25) is 0 Å². The molecule has 0 aliphatic carbocycles. The van der Waals surface area contributed by atoms with Gasteiger partial charge in [-0.15, -0.1) is 0 Å². The van der Waals surface area contributed by atoms with E-state index in [4.69, 9.17) is 0 Å². The molecule has 2 fully saturated rings. The lowest BCUT2D eigenvalue weighted by Crippen LogP contribution is -2.48. The summed E-state index contributed by atoms with van der Waals surface area (Å²) in [5.74, 6) is -0.401. The minimum Gasteiger partial charge on any atom is -0.356 e. The summed E-state index contributed by atoms with van der Waals surface area (Å²) < 4.78 is 39.1. The van der Waals surface area contributed by atoms with Gasteiger partial charge in [0.2, 0.25) is 11.8 Å². The predicted octanol–water partition coefficient (Wildman–Crippen LogP) is 2.38. The number of halogens is 3. The van der Waals surface area contributed by atoms with Crippen molar-refractivity contribution in [3.05, 3.63) is 35.4 Å². The molecule has 2 aliphatic heterocycles. The number of likely N-dealkylation sites (tertiary alicyclic amines) is 1. The second-order valence-electron chi connectivity index (χ2n) is 6.54. The van der Waals surface area contributed by atoms with Crippen LogP contribution in [0.4, 0.5) is 13.2 Å². The Morgan fingerprint density at radius 3 is 2.71 bits per heavy atom. The Bertz CT molecular complexity index is 659. The van der Waals surface area contributed by atoms with E-state index in [1.165, 1.54) is 23.1 Å². The van der Waals surface area contributed by atoms with E-state index < -0.39 is 17.2 Å². The molecule has 0 saturated carbocycles. The van der Waals surface area contributed by atoms with Crippen LogP contribution in [0.1, 0.15) is 30.4 Å². The van der Waals surface area contributed by atoms with Crippen LogP contribution < -0.4 is 5.32 Å². The number of alkyl halides is 3. The number of carbonyl (C=O) groups is 2. The molecule has 24 heavy (non-hydrogen) atoms. The number of nitrogens with zero attached hydrogens (tertiary/aromatic N) is 1. The lowest BCUT2D eigenvalue weighted by Gasteiger charge is -2.32. The van der Waals surface area contributed by atoms with Crippen molar-refractivity contribution in [1.82, 2.24) is 10.2 Å². The quantitative estimate of drug-likeness (QED) is 0.899. The molecule has 0 radical (unpaired) electrons. The fourth-order valence-corrected chi connectivity index (χ4v) is 3.63. The van der Waals surface area contributed by atoms with Gasteiger partial charge in [0, 0.05) is 19.6 Å². The second kappa shape index (κ2) is 6.11. The van der Waals surface area contributed by atoms with Gasteiger partial charge in [-0.1, -0.05) is 18.2 Å². The topological polar surface area (TPSA) is 49.4 Å². The molecule has 1 aromatic rings. The van der Waals surface area contributed by atoms with Gasteiger partial charge in [-0.3, -0.25) is 9.59 Å². The molecule has 4 nitrogen and oxygen atoms in total. The maximum atomic E-state index is 13.0. The number of nitrogens with one attached hydrogen (secondary N) is 1. The van der Waals surface area contributed by atoms with E-state index in [2.05, 4.69) is 5.32 Å². The first-order valence-corrected chi connectivity index (χ1v) is 8.03. The molecule has 2 amide bonds. The minimum atomic E-state index is -4.48. The molecule has 2 saturated heterocycles. The number of carbonyl (C=O) groups excluding carboxylic acids is 2. The summed E-state index contributed by atoms with van der Waals surface area (Å²) in [6.07, 6.45) is -2.61. The molecule has 7 heteroatoms. The van der Waals surface area contributed by atoms with E-state index in [0.29, 0.717) is 26.1 Å². The first-order valence-electron chi connectivity index (χ1n) is 8.03. The summed E-state index contributed by atoms with van der Waals surface area (Å²) in [6.45, 7) is 1.36. The molecule has 1 aromatic carbocycles. The summed E-state index contributed by atoms with van der Waals surface area (Å²) in [4.78, 5) is 26.1. The van der Waals surface area contributed by atoms with E-state index in [-0.39, 0.29) is 23.8 Å².